The fraction of sp³-hybridized carbons (Fsp3) is 0.250. The minimum atomic E-state index is -3.62. The lowest BCUT2D eigenvalue weighted by atomic mass is 10.3. The van der Waals surface area contributed by atoms with Crippen molar-refractivity contribution >= 4 is 38.7 Å². The van der Waals surface area contributed by atoms with Gasteiger partial charge in [0.25, 0.3) is 10.0 Å². The highest BCUT2D eigenvalue weighted by atomic mass is 32.2. The Morgan fingerprint density at radius 3 is 2.75 bits per heavy atom. The summed E-state index contributed by atoms with van der Waals surface area (Å²) < 4.78 is 27.1. The maximum Gasteiger partial charge on any atom is 0.308 e. The SMILES string of the molecule is CC(NS(=O)(=O)c1ccc(CC(=O)O)s1)c1cccs1. The van der Waals surface area contributed by atoms with E-state index >= 15 is 0 Å². The van der Waals surface area contributed by atoms with Gasteiger partial charge in [-0.3, -0.25) is 4.79 Å². The van der Waals surface area contributed by atoms with E-state index in [4.69, 9.17) is 5.11 Å². The summed E-state index contributed by atoms with van der Waals surface area (Å²) in [6.45, 7) is 1.77. The Bertz CT molecular complexity index is 688. The van der Waals surface area contributed by atoms with Crippen molar-refractivity contribution in [2.45, 2.75) is 23.6 Å². The highest BCUT2D eigenvalue weighted by Crippen LogP contribution is 2.25. The van der Waals surface area contributed by atoms with E-state index in [1.54, 1.807) is 6.92 Å². The van der Waals surface area contributed by atoms with Gasteiger partial charge >= 0.3 is 5.97 Å². The van der Waals surface area contributed by atoms with Crippen molar-refractivity contribution in [2.75, 3.05) is 0 Å². The van der Waals surface area contributed by atoms with Gasteiger partial charge in [0.05, 0.1) is 12.5 Å². The minimum absolute atomic E-state index is 0.136. The molecule has 108 valence electrons. The van der Waals surface area contributed by atoms with Crippen molar-refractivity contribution in [3.63, 3.8) is 0 Å². The molecule has 2 aromatic heterocycles. The van der Waals surface area contributed by atoms with Crippen LogP contribution in [0.2, 0.25) is 0 Å². The summed E-state index contributed by atoms with van der Waals surface area (Å²) in [4.78, 5) is 12.0. The highest BCUT2D eigenvalue weighted by molar-refractivity contribution is 7.91. The quantitative estimate of drug-likeness (QED) is 0.852. The van der Waals surface area contributed by atoms with E-state index in [1.807, 2.05) is 17.5 Å². The third-order valence-corrected chi connectivity index (χ3v) is 6.70. The van der Waals surface area contributed by atoms with E-state index in [2.05, 4.69) is 4.72 Å². The van der Waals surface area contributed by atoms with Gasteiger partial charge in [0.15, 0.2) is 0 Å². The molecule has 5 nitrogen and oxygen atoms in total. The molecule has 8 heteroatoms. The summed E-state index contributed by atoms with van der Waals surface area (Å²) in [6, 6.07) is 6.38. The number of hydrogen-bond donors (Lipinski definition) is 2. The monoisotopic (exact) mass is 331 g/mol. The second-order valence-corrected chi connectivity index (χ2v) is 8.24. The first kappa shape index (κ1) is 15.2. The van der Waals surface area contributed by atoms with E-state index < -0.39 is 16.0 Å². The third kappa shape index (κ3) is 3.66. The van der Waals surface area contributed by atoms with Crippen molar-refractivity contribution in [3.8, 4) is 0 Å². The first-order chi connectivity index (χ1) is 9.38. The van der Waals surface area contributed by atoms with Crippen molar-refractivity contribution < 1.29 is 18.3 Å². The Morgan fingerprint density at radius 2 is 2.15 bits per heavy atom. The third-order valence-electron chi connectivity index (χ3n) is 2.53. The average molecular weight is 331 g/mol. The summed E-state index contributed by atoms with van der Waals surface area (Å²) in [5, 5.41) is 10.6. The molecule has 0 fully saturated rings. The number of sulfonamides is 1. The summed E-state index contributed by atoms with van der Waals surface area (Å²) in [6.07, 6.45) is -0.166. The van der Waals surface area contributed by atoms with Crippen molar-refractivity contribution in [2.24, 2.45) is 0 Å². The van der Waals surface area contributed by atoms with Gasteiger partial charge < -0.3 is 5.11 Å². The van der Waals surface area contributed by atoms with Crippen molar-refractivity contribution in [1.29, 1.82) is 0 Å². The van der Waals surface area contributed by atoms with Crippen LogP contribution in [0.5, 0.6) is 0 Å². The number of carbonyl (C=O) groups is 1. The number of rotatable bonds is 6. The summed E-state index contributed by atoms with van der Waals surface area (Å²) >= 11 is 2.46. The van der Waals surface area contributed by atoms with Crippen LogP contribution in [0.4, 0.5) is 0 Å². The molecule has 0 bridgehead atoms. The predicted octanol–water partition coefficient (Wildman–Crippen LogP) is 2.48. The number of carboxylic acid groups (broad SMARTS) is 1. The predicted molar refractivity (Wildman–Crippen MR) is 78.7 cm³/mol. The maximum atomic E-state index is 12.2. The Kier molecular flexibility index (Phi) is 4.59. The molecule has 0 saturated carbocycles. The van der Waals surface area contributed by atoms with Gasteiger partial charge in [-0.2, -0.15) is 0 Å². The number of aliphatic carboxylic acids is 1. The Morgan fingerprint density at radius 1 is 1.40 bits per heavy atom. The molecule has 1 unspecified atom stereocenters. The molecular weight excluding hydrogens is 318 g/mol. The number of hydrogen-bond acceptors (Lipinski definition) is 5. The Balaban J connectivity index is 2.14. The molecule has 0 radical (unpaired) electrons. The number of nitrogens with one attached hydrogen (secondary N) is 1. The van der Waals surface area contributed by atoms with E-state index in [1.165, 1.54) is 23.5 Å². The standard InChI is InChI=1S/C12H13NO4S3/c1-8(10-3-2-6-18-10)13-20(16,17)12-5-4-9(19-12)7-11(14)15/h2-6,8,13H,7H2,1H3,(H,14,15). The molecule has 0 aromatic carbocycles. The van der Waals surface area contributed by atoms with Crippen LogP contribution in [0.1, 0.15) is 22.7 Å². The fourth-order valence-corrected chi connectivity index (χ4v) is 5.03. The lowest BCUT2D eigenvalue weighted by Crippen LogP contribution is -2.25. The number of carboxylic acids is 1. The van der Waals surface area contributed by atoms with Gasteiger partial charge in [0.1, 0.15) is 4.21 Å². The molecule has 2 aromatic rings. The molecule has 2 rings (SSSR count). The fourth-order valence-electron chi connectivity index (χ4n) is 1.63. The summed E-state index contributed by atoms with van der Waals surface area (Å²) in [5.74, 6) is -0.976. The second kappa shape index (κ2) is 6.04. The first-order valence-corrected chi connectivity index (χ1v) is 8.92. The average Bonchev–Trinajstić information content (AvgIpc) is 2.97. The van der Waals surface area contributed by atoms with Gasteiger partial charge in [-0.15, -0.1) is 22.7 Å². The van der Waals surface area contributed by atoms with Crippen LogP contribution in [-0.4, -0.2) is 19.5 Å². The molecule has 0 amide bonds. The normalized spacial score (nSPS) is 13.2. The van der Waals surface area contributed by atoms with Crippen LogP contribution in [0, 0.1) is 0 Å². The van der Waals surface area contributed by atoms with Gasteiger partial charge in [0, 0.05) is 9.75 Å². The topological polar surface area (TPSA) is 83.5 Å². The molecule has 0 aliphatic rings. The number of thiophene rings is 2. The zero-order chi connectivity index (χ0) is 14.8. The van der Waals surface area contributed by atoms with Gasteiger partial charge in [0.2, 0.25) is 0 Å². The van der Waals surface area contributed by atoms with Crippen molar-refractivity contribution in [1.82, 2.24) is 4.72 Å². The first-order valence-electron chi connectivity index (χ1n) is 5.75. The summed E-state index contributed by atoms with van der Waals surface area (Å²) in [5.41, 5.74) is 0. The zero-order valence-electron chi connectivity index (χ0n) is 10.6. The van der Waals surface area contributed by atoms with E-state index in [0.717, 1.165) is 16.2 Å². The van der Waals surface area contributed by atoms with E-state index in [9.17, 15) is 13.2 Å². The maximum absolute atomic E-state index is 12.2. The zero-order valence-corrected chi connectivity index (χ0v) is 13.0. The minimum Gasteiger partial charge on any atom is -0.481 e. The molecule has 0 aliphatic carbocycles. The molecule has 0 aliphatic heterocycles. The second-order valence-electron chi connectivity index (χ2n) is 4.15. The van der Waals surface area contributed by atoms with Gasteiger partial charge in [-0.1, -0.05) is 6.07 Å². The Labute approximate surface area is 124 Å². The highest BCUT2D eigenvalue weighted by Gasteiger charge is 2.21. The van der Waals surface area contributed by atoms with Gasteiger partial charge in [-0.25, -0.2) is 13.1 Å². The largest absolute Gasteiger partial charge is 0.481 e. The Hall–Kier alpha value is -1.22. The molecular formula is C12H13NO4S3. The van der Waals surface area contributed by atoms with Crippen molar-refractivity contribution in [3.05, 3.63) is 39.4 Å². The van der Waals surface area contributed by atoms with Crippen LogP contribution in [0.3, 0.4) is 0 Å². The summed E-state index contributed by atoms with van der Waals surface area (Å²) in [7, 11) is -3.62. The molecule has 0 spiro atoms. The lowest BCUT2D eigenvalue weighted by Gasteiger charge is -2.11. The molecule has 1 atom stereocenters. The smallest absolute Gasteiger partial charge is 0.308 e. The van der Waals surface area contributed by atoms with Crippen LogP contribution >= 0.6 is 22.7 Å². The van der Waals surface area contributed by atoms with E-state index in [0.29, 0.717) is 4.88 Å². The molecule has 0 saturated heterocycles. The molecule has 2 heterocycles. The van der Waals surface area contributed by atoms with Crippen LogP contribution < -0.4 is 4.72 Å². The van der Waals surface area contributed by atoms with E-state index in [-0.39, 0.29) is 16.7 Å². The van der Waals surface area contributed by atoms with Crippen LogP contribution in [0.25, 0.3) is 0 Å². The van der Waals surface area contributed by atoms with Crippen LogP contribution in [-0.2, 0) is 21.2 Å². The van der Waals surface area contributed by atoms with Crippen LogP contribution in [0.15, 0.2) is 33.9 Å². The molecule has 2 N–H and O–H groups in total. The lowest BCUT2D eigenvalue weighted by molar-refractivity contribution is -0.136. The van der Waals surface area contributed by atoms with Gasteiger partial charge in [-0.05, 0) is 30.5 Å². The molecule has 20 heavy (non-hydrogen) atoms.